The number of hydrogen-bond donors (Lipinski definition) is 4. The second-order valence-corrected chi connectivity index (χ2v) is 9.58. The van der Waals surface area contributed by atoms with Crippen molar-refractivity contribution in [3.63, 3.8) is 0 Å². The second-order valence-electron chi connectivity index (χ2n) is 7.41. The summed E-state index contributed by atoms with van der Waals surface area (Å²) in [6.45, 7) is 1.70. The summed E-state index contributed by atoms with van der Waals surface area (Å²) >= 11 is 5.79. The van der Waals surface area contributed by atoms with E-state index in [-0.39, 0.29) is 34.8 Å². The van der Waals surface area contributed by atoms with Gasteiger partial charge in [0, 0.05) is 0 Å². The first-order valence-electron chi connectivity index (χ1n) is 9.19. The Labute approximate surface area is 181 Å². The highest BCUT2D eigenvalue weighted by Gasteiger charge is 2.20. The fourth-order valence-corrected chi connectivity index (χ4v) is 3.89. The van der Waals surface area contributed by atoms with Crippen LogP contribution in [0, 0.1) is 0 Å². The van der Waals surface area contributed by atoms with E-state index < -0.39 is 15.9 Å². The van der Waals surface area contributed by atoms with Crippen molar-refractivity contribution in [2.45, 2.75) is 5.75 Å². The molecule has 1 aromatic carbocycles. The molecule has 0 aliphatic heterocycles. The van der Waals surface area contributed by atoms with Gasteiger partial charge in [-0.15, -0.1) is 0 Å². The van der Waals surface area contributed by atoms with Crippen molar-refractivity contribution >= 4 is 39.2 Å². The molecule has 164 valence electrons. The van der Waals surface area contributed by atoms with Gasteiger partial charge in [-0.05, 0) is 5.56 Å². The molecule has 0 saturated heterocycles. The van der Waals surface area contributed by atoms with Gasteiger partial charge in [0.05, 0.1) is 46.0 Å². The van der Waals surface area contributed by atoms with Crippen LogP contribution in [0.1, 0.15) is 16.1 Å². The van der Waals surface area contributed by atoms with E-state index >= 15 is 0 Å². The van der Waals surface area contributed by atoms with Crippen LogP contribution in [0.5, 0.6) is 0 Å². The van der Waals surface area contributed by atoms with E-state index in [4.69, 9.17) is 23.1 Å². The van der Waals surface area contributed by atoms with Crippen LogP contribution in [0.2, 0.25) is 5.15 Å². The molecule has 6 N–H and O–H groups in total. The number of amides is 1. The highest BCUT2D eigenvalue weighted by molar-refractivity contribution is 7.88. The lowest BCUT2D eigenvalue weighted by Gasteiger charge is -2.29. The van der Waals surface area contributed by atoms with Crippen molar-refractivity contribution in [1.29, 1.82) is 0 Å². The van der Waals surface area contributed by atoms with Gasteiger partial charge in [0.15, 0.2) is 22.5 Å². The maximum atomic E-state index is 12.2. The number of nitrogens with one attached hydrogen (secondary N) is 2. The highest BCUT2D eigenvalue weighted by atomic mass is 35.5. The predicted octanol–water partition coefficient (Wildman–Crippen LogP) is 0.220. The number of aromatic nitrogens is 2. The lowest BCUT2D eigenvalue weighted by Crippen LogP contribution is -2.49. The van der Waals surface area contributed by atoms with Crippen LogP contribution in [0.4, 0.5) is 11.6 Å². The van der Waals surface area contributed by atoms with E-state index in [0.29, 0.717) is 24.1 Å². The quantitative estimate of drug-likeness (QED) is 0.373. The zero-order chi connectivity index (χ0) is 22.4. The Bertz CT molecular complexity index is 985. The Balaban J connectivity index is 1.78. The summed E-state index contributed by atoms with van der Waals surface area (Å²) in [5.74, 6) is -0.719. The molecule has 0 unspecified atom stereocenters. The smallest absolute Gasteiger partial charge is 0.273 e. The summed E-state index contributed by atoms with van der Waals surface area (Å²) in [5, 5.41) is 2.62. The van der Waals surface area contributed by atoms with Gasteiger partial charge in [0.25, 0.3) is 5.91 Å². The van der Waals surface area contributed by atoms with Crippen LogP contribution in [-0.4, -0.2) is 69.1 Å². The number of halogens is 1. The zero-order valence-corrected chi connectivity index (χ0v) is 18.5. The molecule has 0 fully saturated rings. The Morgan fingerprint density at radius 3 is 2.37 bits per heavy atom. The number of hydrogen-bond acceptors (Lipinski definition) is 7. The fraction of sp³-hybridized carbons (Fsp3) is 0.389. The molecule has 12 heteroatoms. The monoisotopic (exact) mass is 456 g/mol. The van der Waals surface area contributed by atoms with E-state index in [1.54, 1.807) is 24.3 Å². The van der Waals surface area contributed by atoms with Gasteiger partial charge in [-0.25, -0.2) is 23.1 Å². The van der Waals surface area contributed by atoms with Gasteiger partial charge in [-0.1, -0.05) is 41.9 Å². The molecule has 0 aliphatic carbocycles. The number of nitrogens with zero attached hydrogens (tertiary/aromatic N) is 3. The molecule has 0 radical (unpaired) electrons. The number of benzene rings is 1. The van der Waals surface area contributed by atoms with E-state index in [1.807, 2.05) is 20.2 Å². The molecule has 2 rings (SSSR count). The van der Waals surface area contributed by atoms with Gasteiger partial charge >= 0.3 is 0 Å². The SMILES string of the molecule is C[N+](C)(CCNC(=O)c1nc(Cl)c(N)nc1N)CCNS(=O)(=O)Cc1ccccc1. The summed E-state index contributed by atoms with van der Waals surface area (Å²) in [5.41, 5.74) is 11.8. The van der Waals surface area contributed by atoms with Gasteiger partial charge in [0.2, 0.25) is 10.0 Å². The Morgan fingerprint density at radius 1 is 1.07 bits per heavy atom. The van der Waals surface area contributed by atoms with Gasteiger partial charge in [-0.2, -0.15) is 0 Å². The van der Waals surface area contributed by atoms with Crippen LogP contribution < -0.4 is 21.5 Å². The number of nitrogens with two attached hydrogens (primary N) is 2. The number of sulfonamides is 1. The van der Waals surface area contributed by atoms with Crippen LogP contribution in [0.25, 0.3) is 0 Å². The third-order valence-corrected chi connectivity index (χ3v) is 6.00. The van der Waals surface area contributed by atoms with E-state index in [2.05, 4.69) is 20.0 Å². The third-order valence-electron chi connectivity index (χ3n) is 4.36. The summed E-state index contributed by atoms with van der Waals surface area (Å²) < 4.78 is 27.5. The van der Waals surface area contributed by atoms with Gasteiger partial charge < -0.3 is 21.3 Å². The predicted molar refractivity (Wildman–Crippen MR) is 117 cm³/mol. The number of quaternary nitrogens is 1. The van der Waals surface area contributed by atoms with Crippen molar-refractivity contribution in [1.82, 2.24) is 20.0 Å². The highest BCUT2D eigenvalue weighted by Crippen LogP contribution is 2.17. The summed E-state index contributed by atoms with van der Waals surface area (Å²) in [7, 11) is 0.452. The average molecular weight is 457 g/mol. The van der Waals surface area contributed by atoms with Crippen molar-refractivity contribution in [3.05, 3.63) is 46.7 Å². The summed E-state index contributed by atoms with van der Waals surface area (Å²) in [6.07, 6.45) is 0. The molecule has 1 heterocycles. The fourth-order valence-electron chi connectivity index (χ4n) is 2.62. The molecule has 0 atom stereocenters. The third kappa shape index (κ3) is 7.41. The van der Waals surface area contributed by atoms with Gasteiger partial charge in [0.1, 0.15) is 0 Å². The van der Waals surface area contributed by atoms with E-state index in [0.717, 1.165) is 5.56 Å². The van der Waals surface area contributed by atoms with E-state index in [9.17, 15) is 13.2 Å². The number of anilines is 2. The molecule has 0 spiro atoms. The van der Waals surface area contributed by atoms with Crippen molar-refractivity contribution < 1.29 is 17.7 Å². The van der Waals surface area contributed by atoms with Crippen molar-refractivity contribution in [2.24, 2.45) is 0 Å². The largest absolute Gasteiger partial charge is 0.382 e. The molecule has 0 saturated carbocycles. The Hall–Kier alpha value is -2.47. The zero-order valence-electron chi connectivity index (χ0n) is 16.9. The molecule has 1 amide bonds. The molecule has 0 aliphatic rings. The van der Waals surface area contributed by atoms with Gasteiger partial charge in [-0.3, -0.25) is 4.79 Å². The maximum absolute atomic E-state index is 12.2. The maximum Gasteiger partial charge on any atom is 0.273 e. The summed E-state index contributed by atoms with van der Waals surface area (Å²) in [6, 6.07) is 8.99. The topological polar surface area (TPSA) is 153 Å². The standard InChI is InChI=1S/C18H26ClN7O3S/c1-26(2,11-9-23-30(28,29)12-13-6-4-3-5-7-13)10-8-22-18(27)14-16(20)25-17(21)15(19)24-14/h3-7,23H,8-12H2,1-2H3,(H4-,20,21,22,25,27)/p+1. The van der Waals surface area contributed by atoms with Crippen LogP contribution in [0.15, 0.2) is 30.3 Å². The van der Waals surface area contributed by atoms with Crippen molar-refractivity contribution in [3.8, 4) is 0 Å². The molecule has 10 nitrogen and oxygen atoms in total. The van der Waals surface area contributed by atoms with E-state index in [1.165, 1.54) is 0 Å². The lowest BCUT2D eigenvalue weighted by atomic mass is 10.2. The van der Waals surface area contributed by atoms with Crippen LogP contribution in [0.3, 0.4) is 0 Å². The minimum absolute atomic E-state index is 0.0433. The molecule has 30 heavy (non-hydrogen) atoms. The normalized spacial score (nSPS) is 12.0. The first-order chi connectivity index (χ1) is 14.0. The first kappa shape index (κ1) is 23.8. The second kappa shape index (κ2) is 10.0. The molecule has 2 aromatic rings. The molecule has 1 aromatic heterocycles. The average Bonchev–Trinajstić information content (AvgIpc) is 2.64. The van der Waals surface area contributed by atoms with Crippen LogP contribution in [-0.2, 0) is 15.8 Å². The Morgan fingerprint density at radius 2 is 1.70 bits per heavy atom. The number of likely N-dealkylation sites (N-methyl/N-ethyl adjacent to an activating group) is 1. The number of carbonyl (C=O) groups excluding carboxylic acids is 1. The first-order valence-corrected chi connectivity index (χ1v) is 11.2. The summed E-state index contributed by atoms with van der Waals surface area (Å²) in [4.78, 5) is 19.9. The number of carbonyl (C=O) groups is 1. The van der Waals surface area contributed by atoms with Crippen LogP contribution >= 0.6 is 11.6 Å². The molecular formula is C18H27ClN7O3S+. The molecule has 0 bridgehead atoms. The lowest BCUT2D eigenvalue weighted by molar-refractivity contribution is -0.887. The number of rotatable bonds is 10. The van der Waals surface area contributed by atoms with Crippen molar-refractivity contribution in [2.75, 3.05) is 51.7 Å². The minimum atomic E-state index is -3.42. The number of nitrogen functional groups attached to an aromatic ring is 2. The Kier molecular flexibility index (Phi) is 7.96. The molecular weight excluding hydrogens is 430 g/mol. The minimum Gasteiger partial charge on any atom is -0.382 e.